The van der Waals surface area contributed by atoms with Crippen LogP contribution >= 0.6 is 35.0 Å². The molecule has 0 aliphatic heterocycles. The molecule has 1 aromatic carbocycles. The van der Waals surface area contributed by atoms with Crippen molar-refractivity contribution in [2.24, 2.45) is 0 Å². The molecule has 1 aromatic rings. The summed E-state index contributed by atoms with van der Waals surface area (Å²) in [7, 11) is 0. The van der Waals surface area contributed by atoms with Gasteiger partial charge in [0.25, 0.3) is 0 Å². The van der Waals surface area contributed by atoms with Gasteiger partial charge in [-0.25, -0.2) is 0 Å². The highest BCUT2D eigenvalue weighted by molar-refractivity contribution is 7.99. The maximum atomic E-state index is 11.9. The molecule has 0 N–H and O–H groups in total. The van der Waals surface area contributed by atoms with Gasteiger partial charge in [-0.1, -0.05) is 29.3 Å². The summed E-state index contributed by atoms with van der Waals surface area (Å²) in [6, 6.07) is 4.60. The highest BCUT2D eigenvalue weighted by atomic mass is 35.5. The molecule has 0 aliphatic carbocycles. The summed E-state index contributed by atoms with van der Waals surface area (Å²) in [5, 5.41) is 0.433. The van der Waals surface area contributed by atoms with Crippen molar-refractivity contribution < 1.29 is 13.2 Å². The second-order valence-electron chi connectivity index (χ2n) is 2.46. The molecular formula is C8H5Cl2F3S. The highest BCUT2D eigenvalue weighted by Crippen LogP contribution is 2.35. The first-order valence-corrected chi connectivity index (χ1v) is 5.28. The topological polar surface area (TPSA) is 0 Å². The minimum atomic E-state index is -4.20. The predicted molar refractivity (Wildman–Crippen MR) is 53.2 cm³/mol. The molecule has 0 aromatic heterocycles. The molecule has 0 amide bonds. The van der Waals surface area contributed by atoms with Crippen molar-refractivity contribution in [1.29, 1.82) is 0 Å². The first-order valence-electron chi connectivity index (χ1n) is 3.54. The maximum absolute atomic E-state index is 11.9. The van der Waals surface area contributed by atoms with E-state index in [-0.39, 0.29) is 10.0 Å². The fourth-order valence-electron chi connectivity index (χ4n) is 0.755. The van der Waals surface area contributed by atoms with E-state index in [0.717, 1.165) is 0 Å². The Labute approximate surface area is 93.4 Å². The standard InChI is InChI=1S/C8H5Cl2F3S/c9-5-2-1-3-6(7(5)10)14-4-8(11,12)13/h1-3H,4H2. The zero-order valence-electron chi connectivity index (χ0n) is 6.74. The summed E-state index contributed by atoms with van der Waals surface area (Å²) < 4.78 is 35.6. The van der Waals surface area contributed by atoms with E-state index in [4.69, 9.17) is 23.2 Å². The highest BCUT2D eigenvalue weighted by Gasteiger charge is 2.27. The molecule has 0 aliphatic rings. The van der Waals surface area contributed by atoms with Crippen LogP contribution in [0.4, 0.5) is 13.2 Å². The number of thioether (sulfide) groups is 1. The molecule has 0 bridgehead atoms. The Balaban J connectivity index is 2.73. The van der Waals surface area contributed by atoms with E-state index >= 15 is 0 Å². The quantitative estimate of drug-likeness (QED) is 0.698. The van der Waals surface area contributed by atoms with Crippen molar-refractivity contribution in [2.45, 2.75) is 11.1 Å². The molecular weight excluding hydrogens is 256 g/mol. The van der Waals surface area contributed by atoms with E-state index in [1.54, 1.807) is 6.07 Å². The van der Waals surface area contributed by atoms with Gasteiger partial charge in [0.05, 0.1) is 15.8 Å². The van der Waals surface area contributed by atoms with E-state index in [1.807, 2.05) is 0 Å². The second kappa shape index (κ2) is 4.64. The summed E-state index contributed by atoms with van der Waals surface area (Å²) in [6.07, 6.45) is -4.20. The van der Waals surface area contributed by atoms with Gasteiger partial charge >= 0.3 is 6.18 Å². The monoisotopic (exact) mass is 260 g/mol. The molecule has 0 fully saturated rings. The fraction of sp³-hybridized carbons (Fsp3) is 0.250. The van der Waals surface area contributed by atoms with E-state index in [1.165, 1.54) is 12.1 Å². The summed E-state index contributed by atoms with van der Waals surface area (Å²) in [4.78, 5) is 0.344. The zero-order chi connectivity index (χ0) is 10.8. The number of hydrogen-bond donors (Lipinski definition) is 0. The van der Waals surface area contributed by atoms with Gasteiger partial charge in [-0.15, -0.1) is 11.8 Å². The molecule has 0 radical (unpaired) electrons. The first-order chi connectivity index (χ1) is 6.40. The van der Waals surface area contributed by atoms with Gasteiger partial charge in [-0.05, 0) is 12.1 Å². The maximum Gasteiger partial charge on any atom is 0.398 e. The van der Waals surface area contributed by atoms with E-state index in [0.29, 0.717) is 16.7 Å². The minimum Gasteiger partial charge on any atom is -0.170 e. The smallest absolute Gasteiger partial charge is 0.170 e. The van der Waals surface area contributed by atoms with Gasteiger partial charge in [0.2, 0.25) is 0 Å². The number of alkyl halides is 3. The SMILES string of the molecule is FC(F)(F)CSc1cccc(Cl)c1Cl. The van der Waals surface area contributed by atoms with Crippen LogP contribution in [0.2, 0.25) is 10.0 Å². The molecule has 78 valence electrons. The van der Waals surface area contributed by atoms with Crippen LogP contribution in [0.1, 0.15) is 0 Å². The molecule has 0 spiro atoms. The molecule has 0 unspecified atom stereocenters. The third-order valence-corrected chi connectivity index (χ3v) is 3.36. The van der Waals surface area contributed by atoms with Crippen LogP contribution in [0.15, 0.2) is 23.1 Å². The van der Waals surface area contributed by atoms with Gasteiger partial charge < -0.3 is 0 Å². The second-order valence-corrected chi connectivity index (χ2v) is 4.26. The van der Waals surface area contributed by atoms with Crippen molar-refractivity contribution in [3.63, 3.8) is 0 Å². The number of halogens is 5. The summed E-state index contributed by atoms with van der Waals surface area (Å²) in [5.74, 6) is -0.965. The molecule has 14 heavy (non-hydrogen) atoms. The van der Waals surface area contributed by atoms with Crippen molar-refractivity contribution in [3.05, 3.63) is 28.2 Å². The lowest BCUT2D eigenvalue weighted by Gasteiger charge is -2.07. The Morgan fingerprint density at radius 2 is 1.86 bits per heavy atom. The summed E-state index contributed by atoms with van der Waals surface area (Å²) in [6.45, 7) is 0. The summed E-state index contributed by atoms with van der Waals surface area (Å²) in [5.41, 5.74) is 0. The molecule has 0 saturated carbocycles. The van der Waals surface area contributed by atoms with Gasteiger partial charge in [0.1, 0.15) is 0 Å². The van der Waals surface area contributed by atoms with Crippen LogP contribution in [0.3, 0.4) is 0 Å². The van der Waals surface area contributed by atoms with Crippen LogP contribution in [0.5, 0.6) is 0 Å². The predicted octanol–water partition coefficient (Wildman–Crippen LogP) is 4.65. The molecule has 0 atom stereocenters. The van der Waals surface area contributed by atoms with Crippen molar-refractivity contribution in [3.8, 4) is 0 Å². The first kappa shape index (κ1) is 12.0. The van der Waals surface area contributed by atoms with Crippen LogP contribution in [-0.2, 0) is 0 Å². The Morgan fingerprint density at radius 1 is 1.21 bits per heavy atom. The van der Waals surface area contributed by atoms with E-state index in [9.17, 15) is 13.2 Å². The largest absolute Gasteiger partial charge is 0.398 e. The van der Waals surface area contributed by atoms with Crippen LogP contribution in [0.25, 0.3) is 0 Å². The Hall–Kier alpha value is -0.0600. The Kier molecular flexibility index (Phi) is 3.98. The van der Waals surface area contributed by atoms with E-state index in [2.05, 4.69) is 0 Å². The molecule has 0 saturated heterocycles. The minimum absolute atomic E-state index is 0.170. The van der Waals surface area contributed by atoms with Crippen molar-refractivity contribution in [2.75, 3.05) is 5.75 Å². The summed E-state index contributed by atoms with van der Waals surface area (Å²) >= 11 is 12.0. The molecule has 6 heteroatoms. The normalized spacial score (nSPS) is 11.8. The lowest BCUT2D eigenvalue weighted by molar-refractivity contribution is -0.105. The number of rotatable bonds is 2. The number of benzene rings is 1. The third-order valence-electron chi connectivity index (χ3n) is 1.31. The van der Waals surface area contributed by atoms with Gasteiger partial charge in [0, 0.05) is 4.90 Å². The van der Waals surface area contributed by atoms with Crippen LogP contribution in [0, 0.1) is 0 Å². The van der Waals surface area contributed by atoms with Crippen LogP contribution in [-0.4, -0.2) is 11.9 Å². The molecule has 0 nitrogen and oxygen atoms in total. The lowest BCUT2D eigenvalue weighted by atomic mass is 10.4. The zero-order valence-corrected chi connectivity index (χ0v) is 9.07. The van der Waals surface area contributed by atoms with Gasteiger partial charge in [0.15, 0.2) is 0 Å². The van der Waals surface area contributed by atoms with Gasteiger partial charge in [-0.2, -0.15) is 13.2 Å². The van der Waals surface area contributed by atoms with Gasteiger partial charge in [-0.3, -0.25) is 0 Å². The molecule has 0 heterocycles. The lowest BCUT2D eigenvalue weighted by Crippen LogP contribution is -2.10. The van der Waals surface area contributed by atoms with E-state index < -0.39 is 11.9 Å². The average Bonchev–Trinajstić information content (AvgIpc) is 2.06. The van der Waals surface area contributed by atoms with Crippen molar-refractivity contribution >= 4 is 35.0 Å². The molecule has 1 rings (SSSR count). The number of hydrogen-bond acceptors (Lipinski definition) is 1. The Bertz CT molecular complexity index is 325. The van der Waals surface area contributed by atoms with Crippen LogP contribution < -0.4 is 0 Å². The Morgan fingerprint density at radius 3 is 2.43 bits per heavy atom. The van der Waals surface area contributed by atoms with Crippen molar-refractivity contribution in [1.82, 2.24) is 0 Å². The fourth-order valence-corrected chi connectivity index (χ4v) is 2.01. The average molecular weight is 261 g/mol. The third kappa shape index (κ3) is 3.59.